The third-order valence-electron chi connectivity index (χ3n) is 7.23. The van der Waals surface area contributed by atoms with Crippen molar-refractivity contribution in [3.8, 4) is 0 Å². The predicted molar refractivity (Wildman–Crippen MR) is 144 cm³/mol. The van der Waals surface area contributed by atoms with Gasteiger partial charge in [-0.15, -0.1) is 0 Å². The highest BCUT2D eigenvalue weighted by Gasteiger charge is 2.25. The number of aliphatic carboxylic acids is 1. The molecule has 0 aliphatic carbocycles. The summed E-state index contributed by atoms with van der Waals surface area (Å²) in [5, 5.41) is 16.9. The number of nitrogens with zero attached hydrogens (tertiary/aromatic N) is 3. The van der Waals surface area contributed by atoms with Crippen LogP contribution in [0.4, 0.5) is 0 Å². The highest BCUT2D eigenvalue weighted by molar-refractivity contribution is 5.80. The highest BCUT2D eigenvalue weighted by atomic mass is 16.4. The lowest BCUT2D eigenvalue weighted by atomic mass is 9.92. The number of carbonyl (C=O) groups excluding carboxylic acids is 1. The van der Waals surface area contributed by atoms with Crippen molar-refractivity contribution >= 4 is 11.9 Å². The molecule has 196 valence electrons. The molecule has 0 bridgehead atoms. The molecule has 0 saturated carbocycles. The normalized spacial score (nSPS) is 15.4. The van der Waals surface area contributed by atoms with Crippen molar-refractivity contribution in [2.75, 3.05) is 19.6 Å². The number of hydrogen-bond donors (Lipinski definition) is 2. The van der Waals surface area contributed by atoms with Crippen LogP contribution in [0.1, 0.15) is 73.5 Å². The standard InChI is InChI=1S/C30H38N4O3/c1-2-34-28(22-26(32-34)21-23-9-5-3-6-10-23)25-15-18-33(19-16-25)20-17-27(24-11-7-4-8-12-24)31-29(35)13-14-30(36)37/h3-12,22,25,27H,2,13-21H2,1H3,(H,31,35)(H,36,37)/t27-/m0/s1. The number of carbonyl (C=O) groups is 2. The molecule has 0 spiro atoms. The fraction of sp³-hybridized carbons (Fsp3) is 0.433. The van der Waals surface area contributed by atoms with Crippen LogP contribution in [0.2, 0.25) is 0 Å². The number of carboxylic acids is 1. The number of rotatable bonds is 12. The van der Waals surface area contributed by atoms with E-state index in [0.717, 1.165) is 63.1 Å². The lowest BCUT2D eigenvalue weighted by molar-refractivity contribution is -0.138. The lowest BCUT2D eigenvalue weighted by Gasteiger charge is -2.33. The van der Waals surface area contributed by atoms with Crippen molar-refractivity contribution in [3.63, 3.8) is 0 Å². The maximum Gasteiger partial charge on any atom is 0.303 e. The van der Waals surface area contributed by atoms with Crippen LogP contribution >= 0.6 is 0 Å². The Morgan fingerprint density at radius 1 is 1.03 bits per heavy atom. The minimum absolute atomic E-state index is 0.00142. The summed E-state index contributed by atoms with van der Waals surface area (Å²) in [6.07, 6.45) is 3.69. The maximum absolute atomic E-state index is 12.4. The predicted octanol–water partition coefficient (Wildman–Crippen LogP) is 4.79. The first-order valence-corrected chi connectivity index (χ1v) is 13.4. The van der Waals surface area contributed by atoms with Gasteiger partial charge < -0.3 is 15.3 Å². The molecule has 7 heteroatoms. The fourth-order valence-corrected chi connectivity index (χ4v) is 5.22. The zero-order valence-electron chi connectivity index (χ0n) is 21.7. The van der Waals surface area contributed by atoms with Crippen molar-refractivity contribution in [2.45, 2.75) is 64.0 Å². The summed E-state index contributed by atoms with van der Waals surface area (Å²) in [6, 6.07) is 22.6. The van der Waals surface area contributed by atoms with E-state index in [0.29, 0.717) is 5.92 Å². The molecule has 1 atom stereocenters. The number of aryl methyl sites for hydroxylation is 1. The average Bonchev–Trinajstić information content (AvgIpc) is 3.34. The second-order valence-electron chi connectivity index (χ2n) is 9.87. The van der Waals surface area contributed by atoms with Gasteiger partial charge in [-0.3, -0.25) is 14.3 Å². The van der Waals surface area contributed by atoms with Crippen LogP contribution in [0.3, 0.4) is 0 Å². The summed E-state index contributed by atoms with van der Waals surface area (Å²) in [5.74, 6) is -0.658. The van der Waals surface area contributed by atoms with Crippen LogP contribution < -0.4 is 5.32 Å². The molecular formula is C30H38N4O3. The van der Waals surface area contributed by atoms with Crippen LogP contribution in [0.25, 0.3) is 0 Å². The summed E-state index contributed by atoms with van der Waals surface area (Å²) in [7, 11) is 0. The number of nitrogens with one attached hydrogen (secondary N) is 1. The van der Waals surface area contributed by atoms with Gasteiger partial charge in [0.1, 0.15) is 0 Å². The van der Waals surface area contributed by atoms with Gasteiger partial charge in [-0.05, 0) is 56.5 Å². The topological polar surface area (TPSA) is 87.5 Å². The van der Waals surface area contributed by atoms with Gasteiger partial charge in [-0.2, -0.15) is 5.10 Å². The Balaban J connectivity index is 1.32. The second-order valence-corrected chi connectivity index (χ2v) is 9.87. The van der Waals surface area contributed by atoms with Crippen molar-refractivity contribution in [2.24, 2.45) is 0 Å². The Labute approximate surface area is 219 Å². The van der Waals surface area contributed by atoms with E-state index in [2.05, 4.69) is 52.2 Å². The number of likely N-dealkylation sites (tertiary alicyclic amines) is 1. The molecule has 7 nitrogen and oxygen atoms in total. The van der Waals surface area contributed by atoms with E-state index in [4.69, 9.17) is 10.2 Å². The molecule has 4 rings (SSSR count). The van der Waals surface area contributed by atoms with Gasteiger partial charge in [0.2, 0.25) is 5.91 Å². The quantitative estimate of drug-likeness (QED) is 0.372. The zero-order valence-corrected chi connectivity index (χ0v) is 21.7. The molecule has 2 aromatic carbocycles. The molecule has 1 fully saturated rings. The second kappa shape index (κ2) is 13.2. The molecule has 1 aromatic heterocycles. The van der Waals surface area contributed by atoms with Crippen LogP contribution in [-0.2, 0) is 22.6 Å². The number of benzene rings is 2. The molecule has 3 aromatic rings. The number of aromatic nitrogens is 2. The summed E-state index contributed by atoms with van der Waals surface area (Å²) in [4.78, 5) is 25.7. The van der Waals surface area contributed by atoms with Gasteiger partial charge in [-0.1, -0.05) is 60.7 Å². The van der Waals surface area contributed by atoms with Crippen LogP contribution in [0.15, 0.2) is 66.7 Å². The summed E-state index contributed by atoms with van der Waals surface area (Å²) in [6.45, 7) is 5.96. The molecular weight excluding hydrogens is 464 g/mol. The van der Waals surface area contributed by atoms with E-state index in [1.165, 1.54) is 11.3 Å². The first-order valence-electron chi connectivity index (χ1n) is 13.4. The third kappa shape index (κ3) is 7.76. The van der Waals surface area contributed by atoms with E-state index in [1.54, 1.807) is 0 Å². The van der Waals surface area contributed by atoms with E-state index in [9.17, 15) is 9.59 Å². The number of piperidine rings is 1. The zero-order chi connectivity index (χ0) is 26.0. The van der Waals surface area contributed by atoms with Gasteiger partial charge in [0.15, 0.2) is 0 Å². The molecule has 1 saturated heterocycles. The average molecular weight is 503 g/mol. The van der Waals surface area contributed by atoms with Crippen LogP contribution in [-0.4, -0.2) is 51.3 Å². The first kappa shape index (κ1) is 26.6. The minimum atomic E-state index is -0.953. The van der Waals surface area contributed by atoms with Crippen molar-refractivity contribution < 1.29 is 14.7 Å². The summed E-state index contributed by atoms with van der Waals surface area (Å²) < 4.78 is 2.18. The molecule has 0 unspecified atom stereocenters. The number of amides is 1. The van der Waals surface area contributed by atoms with Crippen LogP contribution in [0.5, 0.6) is 0 Å². The third-order valence-corrected chi connectivity index (χ3v) is 7.23. The highest BCUT2D eigenvalue weighted by Crippen LogP contribution is 2.30. The Kier molecular flexibility index (Phi) is 9.49. The van der Waals surface area contributed by atoms with Crippen LogP contribution in [0, 0.1) is 0 Å². The smallest absolute Gasteiger partial charge is 0.303 e. The largest absolute Gasteiger partial charge is 0.481 e. The van der Waals surface area contributed by atoms with Crippen molar-refractivity contribution in [3.05, 3.63) is 89.2 Å². The molecule has 0 radical (unpaired) electrons. The lowest BCUT2D eigenvalue weighted by Crippen LogP contribution is -2.37. The van der Waals surface area contributed by atoms with E-state index in [1.807, 2.05) is 36.4 Å². The van der Waals surface area contributed by atoms with Gasteiger partial charge in [-0.25, -0.2) is 0 Å². The number of carboxylic acid groups (broad SMARTS) is 1. The minimum Gasteiger partial charge on any atom is -0.481 e. The van der Waals surface area contributed by atoms with Gasteiger partial charge in [0.05, 0.1) is 18.2 Å². The molecule has 37 heavy (non-hydrogen) atoms. The van der Waals surface area contributed by atoms with Crippen molar-refractivity contribution in [1.29, 1.82) is 0 Å². The van der Waals surface area contributed by atoms with E-state index in [-0.39, 0.29) is 24.8 Å². The summed E-state index contributed by atoms with van der Waals surface area (Å²) in [5.41, 5.74) is 4.82. The summed E-state index contributed by atoms with van der Waals surface area (Å²) >= 11 is 0. The first-order chi connectivity index (χ1) is 18.0. The van der Waals surface area contributed by atoms with Crippen molar-refractivity contribution in [1.82, 2.24) is 20.0 Å². The molecule has 1 aliphatic rings. The van der Waals surface area contributed by atoms with E-state index < -0.39 is 5.97 Å². The van der Waals surface area contributed by atoms with Gasteiger partial charge in [0.25, 0.3) is 0 Å². The SMILES string of the molecule is CCn1nc(Cc2ccccc2)cc1C1CCN(CC[C@H](NC(=O)CCC(=O)O)c2ccccc2)CC1. The van der Waals surface area contributed by atoms with Gasteiger partial charge >= 0.3 is 5.97 Å². The molecule has 1 aliphatic heterocycles. The number of hydrogen-bond acceptors (Lipinski definition) is 4. The molecule has 1 amide bonds. The Hall–Kier alpha value is -3.45. The van der Waals surface area contributed by atoms with Gasteiger partial charge in [0, 0.05) is 37.5 Å². The van der Waals surface area contributed by atoms with E-state index >= 15 is 0 Å². The maximum atomic E-state index is 12.4. The Morgan fingerprint density at radius 3 is 2.35 bits per heavy atom. The monoisotopic (exact) mass is 502 g/mol. The fourth-order valence-electron chi connectivity index (χ4n) is 5.22. The molecule has 2 N–H and O–H groups in total. The Bertz CT molecular complexity index is 1140. The Morgan fingerprint density at radius 2 is 1.70 bits per heavy atom. The molecule has 2 heterocycles.